The number of hydrogen-bond donors (Lipinski definition) is 0. The molecule has 1 aromatic carbocycles. The van der Waals surface area contributed by atoms with E-state index in [1.54, 1.807) is 34.9 Å². The molecule has 8 heteroatoms. The van der Waals surface area contributed by atoms with Crippen LogP contribution in [-0.2, 0) is 14.3 Å². The van der Waals surface area contributed by atoms with E-state index in [-0.39, 0.29) is 16.3 Å². The standard InChI is InChI=1S/C18H21NO6S/c1-18-7-6-16(21)19(18)13(10-26-18)17(22)25-9-14(20)12-8-11(23-2)4-5-15(12)24-3/h4-5,8,13H,6-7,9-10H2,1-3H3/t13-,18-/m1/s1. The van der Waals surface area contributed by atoms with Crippen LogP contribution >= 0.6 is 11.8 Å². The van der Waals surface area contributed by atoms with Crippen molar-refractivity contribution in [3.8, 4) is 11.5 Å². The fraction of sp³-hybridized carbons (Fsp3) is 0.500. The van der Waals surface area contributed by atoms with Crippen LogP contribution in [-0.4, -0.2) is 60.1 Å². The Kier molecular flexibility index (Phi) is 5.13. The van der Waals surface area contributed by atoms with Crippen LogP contribution in [0.5, 0.6) is 11.5 Å². The molecule has 26 heavy (non-hydrogen) atoms. The van der Waals surface area contributed by atoms with Crippen molar-refractivity contribution in [2.75, 3.05) is 26.6 Å². The van der Waals surface area contributed by atoms with Crippen molar-refractivity contribution in [3.05, 3.63) is 23.8 Å². The number of hydrogen-bond acceptors (Lipinski definition) is 7. The van der Waals surface area contributed by atoms with E-state index < -0.39 is 24.4 Å². The van der Waals surface area contributed by atoms with Gasteiger partial charge in [0.15, 0.2) is 6.61 Å². The molecule has 7 nitrogen and oxygen atoms in total. The fourth-order valence-corrected chi connectivity index (χ4v) is 4.75. The van der Waals surface area contributed by atoms with Gasteiger partial charge in [-0.05, 0) is 31.5 Å². The van der Waals surface area contributed by atoms with E-state index >= 15 is 0 Å². The Balaban J connectivity index is 1.67. The quantitative estimate of drug-likeness (QED) is 0.551. The average molecular weight is 379 g/mol. The maximum atomic E-state index is 12.5. The van der Waals surface area contributed by atoms with Crippen LogP contribution in [0.3, 0.4) is 0 Å². The second kappa shape index (κ2) is 7.19. The van der Waals surface area contributed by atoms with Crippen molar-refractivity contribution in [3.63, 3.8) is 0 Å². The topological polar surface area (TPSA) is 82.1 Å². The van der Waals surface area contributed by atoms with Crippen molar-refractivity contribution >= 4 is 29.4 Å². The zero-order valence-electron chi connectivity index (χ0n) is 14.9. The maximum Gasteiger partial charge on any atom is 0.330 e. The van der Waals surface area contributed by atoms with Gasteiger partial charge in [-0.3, -0.25) is 9.59 Å². The first kappa shape index (κ1) is 18.6. The van der Waals surface area contributed by atoms with Crippen molar-refractivity contribution in [1.29, 1.82) is 0 Å². The highest BCUT2D eigenvalue weighted by molar-refractivity contribution is 8.01. The van der Waals surface area contributed by atoms with E-state index in [1.165, 1.54) is 14.2 Å². The lowest BCUT2D eigenvalue weighted by atomic mass is 10.1. The average Bonchev–Trinajstić information content (AvgIpc) is 3.14. The molecule has 2 aliphatic heterocycles. The van der Waals surface area contributed by atoms with Gasteiger partial charge in [-0.2, -0.15) is 0 Å². The number of ketones is 1. The molecule has 2 aliphatic rings. The first-order chi connectivity index (χ1) is 12.4. The maximum absolute atomic E-state index is 12.5. The number of rotatable bonds is 6. The molecule has 1 amide bonds. The Morgan fingerprint density at radius 3 is 2.77 bits per heavy atom. The normalized spacial score (nSPS) is 24.3. The molecule has 0 saturated carbocycles. The summed E-state index contributed by atoms with van der Waals surface area (Å²) in [6.07, 6.45) is 1.16. The Morgan fingerprint density at radius 1 is 1.31 bits per heavy atom. The van der Waals surface area contributed by atoms with Crippen LogP contribution < -0.4 is 9.47 Å². The molecule has 2 heterocycles. The van der Waals surface area contributed by atoms with Crippen LogP contribution in [0.4, 0.5) is 0 Å². The summed E-state index contributed by atoms with van der Waals surface area (Å²) in [5, 5.41) is 0. The SMILES string of the molecule is COc1ccc(OC)c(C(=O)COC(=O)[C@H]2CS[C@]3(C)CCC(=O)N23)c1. The van der Waals surface area contributed by atoms with Gasteiger partial charge in [0, 0.05) is 12.2 Å². The molecule has 0 unspecified atom stereocenters. The monoisotopic (exact) mass is 379 g/mol. The fourth-order valence-electron chi connectivity index (χ4n) is 3.34. The number of nitrogens with zero attached hydrogens (tertiary/aromatic N) is 1. The minimum absolute atomic E-state index is 0.0414. The van der Waals surface area contributed by atoms with E-state index in [0.29, 0.717) is 23.7 Å². The summed E-state index contributed by atoms with van der Waals surface area (Å²) >= 11 is 1.58. The molecular weight excluding hydrogens is 358 g/mol. The van der Waals surface area contributed by atoms with Crippen LogP contribution in [0.2, 0.25) is 0 Å². The first-order valence-corrected chi connectivity index (χ1v) is 9.26. The Hall–Kier alpha value is -2.22. The molecular formula is C18H21NO6S. The van der Waals surface area contributed by atoms with Gasteiger partial charge in [-0.25, -0.2) is 4.79 Å². The minimum Gasteiger partial charge on any atom is -0.497 e. The second-order valence-electron chi connectivity index (χ2n) is 6.36. The Labute approximate surface area is 156 Å². The van der Waals surface area contributed by atoms with Crippen LogP contribution in [0, 0.1) is 0 Å². The summed E-state index contributed by atoms with van der Waals surface area (Å²) < 4.78 is 15.5. The molecule has 3 rings (SSSR count). The Morgan fingerprint density at radius 2 is 2.08 bits per heavy atom. The summed E-state index contributed by atoms with van der Waals surface area (Å²) in [6.45, 7) is 1.55. The summed E-state index contributed by atoms with van der Waals surface area (Å²) in [5.74, 6) is 0.386. The number of methoxy groups -OCH3 is 2. The van der Waals surface area contributed by atoms with Gasteiger partial charge in [-0.1, -0.05) is 0 Å². The highest BCUT2D eigenvalue weighted by Crippen LogP contribution is 2.47. The van der Waals surface area contributed by atoms with Crippen LogP contribution in [0.25, 0.3) is 0 Å². The van der Waals surface area contributed by atoms with Crippen molar-refractivity contribution in [2.24, 2.45) is 0 Å². The number of carbonyl (C=O) groups excluding carboxylic acids is 3. The van der Waals surface area contributed by atoms with Crippen molar-refractivity contribution < 1.29 is 28.6 Å². The lowest BCUT2D eigenvalue weighted by Gasteiger charge is -2.29. The highest BCUT2D eigenvalue weighted by atomic mass is 32.2. The number of Topliss-reactive ketones (excluding diaryl/α,β-unsaturated/α-hetero) is 1. The van der Waals surface area contributed by atoms with E-state index in [0.717, 1.165) is 6.42 Å². The number of fused-ring (bicyclic) bond motifs is 1. The smallest absolute Gasteiger partial charge is 0.330 e. The van der Waals surface area contributed by atoms with Gasteiger partial charge < -0.3 is 19.1 Å². The number of carbonyl (C=O) groups is 3. The summed E-state index contributed by atoms with van der Waals surface area (Å²) in [7, 11) is 2.96. The van der Waals surface area contributed by atoms with Crippen molar-refractivity contribution in [1.82, 2.24) is 4.90 Å². The van der Waals surface area contributed by atoms with Crippen LogP contribution in [0.1, 0.15) is 30.1 Å². The molecule has 0 radical (unpaired) electrons. The van der Waals surface area contributed by atoms with Crippen molar-refractivity contribution in [2.45, 2.75) is 30.7 Å². The third kappa shape index (κ3) is 3.25. The minimum atomic E-state index is -0.639. The molecule has 0 aromatic heterocycles. The predicted molar refractivity (Wildman–Crippen MR) is 95.6 cm³/mol. The van der Waals surface area contributed by atoms with Gasteiger partial charge in [0.2, 0.25) is 11.7 Å². The molecule has 2 saturated heterocycles. The molecule has 2 fully saturated rings. The Bertz CT molecular complexity index is 751. The van der Waals surface area contributed by atoms with E-state index in [9.17, 15) is 14.4 Å². The molecule has 0 aliphatic carbocycles. The summed E-state index contributed by atoms with van der Waals surface area (Å²) in [6, 6.07) is 4.20. The predicted octanol–water partition coefficient (Wildman–Crippen LogP) is 1.88. The first-order valence-electron chi connectivity index (χ1n) is 8.27. The van der Waals surface area contributed by atoms with Gasteiger partial charge in [-0.15, -0.1) is 11.8 Å². The molecule has 2 atom stereocenters. The highest BCUT2D eigenvalue weighted by Gasteiger charge is 2.53. The van der Waals surface area contributed by atoms with Gasteiger partial charge in [0.1, 0.15) is 17.5 Å². The number of esters is 1. The molecule has 0 spiro atoms. The largest absolute Gasteiger partial charge is 0.497 e. The number of thioether (sulfide) groups is 1. The lowest BCUT2D eigenvalue weighted by Crippen LogP contribution is -2.46. The van der Waals surface area contributed by atoms with Gasteiger partial charge >= 0.3 is 5.97 Å². The zero-order valence-corrected chi connectivity index (χ0v) is 15.8. The second-order valence-corrected chi connectivity index (χ2v) is 7.86. The third-order valence-electron chi connectivity index (χ3n) is 4.77. The number of benzene rings is 1. The molecule has 0 bridgehead atoms. The molecule has 1 aromatic rings. The number of ether oxygens (including phenoxy) is 3. The third-order valence-corrected chi connectivity index (χ3v) is 6.27. The lowest BCUT2D eigenvalue weighted by molar-refractivity contribution is -0.152. The zero-order chi connectivity index (χ0) is 18.9. The van der Waals surface area contributed by atoms with Gasteiger partial charge in [0.25, 0.3) is 0 Å². The van der Waals surface area contributed by atoms with Gasteiger partial charge in [0.05, 0.1) is 24.7 Å². The molecule has 0 N–H and O–H groups in total. The summed E-state index contributed by atoms with van der Waals surface area (Å²) in [4.78, 5) is 38.3. The van der Waals surface area contributed by atoms with E-state index in [4.69, 9.17) is 14.2 Å². The summed E-state index contributed by atoms with van der Waals surface area (Å²) in [5.41, 5.74) is 0.280. The number of amides is 1. The molecule has 140 valence electrons. The van der Waals surface area contributed by atoms with Crippen LogP contribution in [0.15, 0.2) is 18.2 Å². The van der Waals surface area contributed by atoms with E-state index in [2.05, 4.69) is 0 Å². The van der Waals surface area contributed by atoms with E-state index in [1.807, 2.05) is 6.92 Å².